The van der Waals surface area contributed by atoms with E-state index >= 15 is 0 Å². The molecule has 0 bridgehead atoms. The summed E-state index contributed by atoms with van der Waals surface area (Å²) in [6, 6.07) is 7.58. The molecule has 1 aromatic heterocycles. The van der Waals surface area contributed by atoms with Crippen LogP contribution >= 0.6 is 27.5 Å². The molecular formula is C12H11BrClN3. The Hall–Kier alpha value is -1.13. The number of hydrogen-bond donors (Lipinski definition) is 1. The molecule has 0 fully saturated rings. The first-order valence-electron chi connectivity index (χ1n) is 5.09. The zero-order valence-corrected chi connectivity index (χ0v) is 11.8. The number of halogens is 2. The highest BCUT2D eigenvalue weighted by atomic mass is 79.9. The largest absolute Gasteiger partial charge is 0.339 e. The van der Waals surface area contributed by atoms with Crippen molar-refractivity contribution in [2.75, 3.05) is 5.32 Å². The summed E-state index contributed by atoms with van der Waals surface area (Å²) in [5, 5.41) is 3.89. The summed E-state index contributed by atoms with van der Waals surface area (Å²) in [6.07, 6.45) is 0. The Morgan fingerprint density at radius 3 is 2.65 bits per heavy atom. The Morgan fingerprint density at radius 2 is 2.00 bits per heavy atom. The predicted octanol–water partition coefficient (Wildman–Crippen LogP) is 4.25. The van der Waals surface area contributed by atoms with Gasteiger partial charge in [-0.2, -0.15) is 0 Å². The molecule has 0 aliphatic carbocycles. The second kappa shape index (κ2) is 5.02. The third kappa shape index (κ3) is 2.96. The molecule has 0 aliphatic rings. The lowest BCUT2D eigenvalue weighted by Crippen LogP contribution is -1.99. The number of nitrogens with zero attached hydrogens (tertiary/aromatic N) is 2. The minimum atomic E-state index is 0.678. The third-order valence-electron chi connectivity index (χ3n) is 2.28. The van der Waals surface area contributed by atoms with E-state index < -0.39 is 0 Å². The normalized spacial score (nSPS) is 10.4. The Balaban J connectivity index is 2.38. The number of benzene rings is 1. The van der Waals surface area contributed by atoms with Crippen molar-refractivity contribution >= 4 is 39.0 Å². The molecule has 88 valence electrons. The highest BCUT2D eigenvalue weighted by Crippen LogP contribution is 2.28. The van der Waals surface area contributed by atoms with Crippen molar-refractivity contribution < 1.29 is 0 Å². The molecule has 2 aromatic rings. The number of rotatable bonds is 2. The van der Waals surface area contributed by atoms with Crippen LogP contribution in [0.15, 0.2) is 28.9 Å². The van der Waals surface area contributed by atoms with Gasteiger partial charge in [0, 0.05) is 6.07 Å². The molecule has 0 saturated carbocycles. The summed E-state index contributed by atoms with van der Waals surface area (Å²) >= 11 is 9.48. The van der Waals surface area contributed by atoms with E-state index in [1.54, 1.807) is 0 Å². The molecule has 1 aromatic carbocycles. The minimum absolute atomic E-state index is 0.678. The highest BCUT2D eigenvalue weighted by molar-refractivity contribution is 9.10. The monoisotopic (exact) mass is 311 g/mol. The van der Waals surface area contributed by atoms with Gasteiger partial charge in [0.1, 0.15) is 16.2 Å². The van der Waals surface area contributed by atoms with Crippen LogP contribution in [0.3, 0.4) is 0 Å². The molecule has 0 aliphatic heterocycles. The Labute approximate surface area is 113 Å². The minimum Gasteiger partial charge on any atom is -0.339 e. The first-order valence-corrected chi connectivity index (χ1v) is 6.26. The van der Waals surface area contributed by atoms with E-state index in [2.05, 4.69) is 31.2 Å². The lowest BCUT2D eigenvalue weighted by atomic mass is 10.2. The van der Waals surface area contributed by atoms with Gasteiger partial charge < -0.3 is 5.32 Å². The maximum Gasteiger partial charge on any atom is 0.135 e. The van der Waals surface area contributed by atoms with Crippen LogP contribution in [0.2, 0.25) is 5.02 Å². The van der Waals surface area contributed by atoms with E-state index in [0.29, 0.717) is 10.8 Å². The Bertz CT molecular complexity index is 517. The molecule has 0 unspecified atom stereocenters. The van der Waals surface area contributed by atoms with Crippen molar-refractivity contribution in [3.63, 3.8) is 0 Å². The predicted molar refractivity (Wildman–Crippen MR) is 73.9 cm³/mol. The summed E-state index contributed by atoms with van der Waals surface area (Å²) in [6.45, 7) is 3.84. The van der Waals surface area contributed by atoms with Crippen LogP contribution in [0.25, 0.3) is 0 Å². The second-order valence-corrected chi connectivity index (χ2v) is 4.90. The van der Waals surface area contributed by atoms with E-state index in [4.69, 9.17) is 11.6 Å². The van der Waals surface area contributed by atoms with Gasteiger partial charge in [0.05, 0.1) is 10.7 Å². The average Bonchev–Trinajstić information content (AvgIpc) is 2.22. The van der Waals surface area contributed by atoms with Crippen molar-refractivity contribution in [1.82, 2.24) is 9.97 Å². The summed E-state index contributed by atoms with van der Waals surface area (Å²) < 4.78 is 0.747. The van der Waals surface area contributed by atoms with E-state index in [0.717, 1.165) is 21.7 Å². The van der Waals surface area contributed by atoms with Gasteiger partial charge in [-0.1, -0.05) is 23.7 Å². The van der Waals surface area contributed by atoms with E-state index in [1.807, 2.05) is 38.1 Å². The number of aromatic nitrogens is 2. The van der Waals surface area contributed by atoms with E-state index in [-0.39, 0.29) is 0 Å². The van der Waals surface area contributed by atoms with Gasteiger partial charge in [0.15, 0.2) is 0 Å². The van der Waals surface area contributed by atoms with Crippen molar-refractivity contribution in [1.29, 1.82) is 0 Å². The molecule has 17 heavy (non-hydrogen) atoms. The summed E-state index contributed by atoms with van der Waals surface area (Å²) in [5.74, 6) is 1.42. The van der Waals surface area contributed by atoms with Crippen molar-refractivity contribution in [3.05, 3.63) is 45.3 Å². The van der Waals surface area contributed by atoms with E-state index in [1.165, 1.54) is 0 Å². The van der Waals surface area contributed by atoms with Gasteiger partial charge in [-0.05, 0) is 41.4 Å². The fraction of sp³-hybridized carbons (Fsp3) is 0.167. The van der Waals surface area contributed by atoms with Crippen LogP contribution in [-0.4, -0.2) is 9.97 Å². The molecule has 0 saturated heterocycles. The standard InChI is InChI=1S/C12H11BrClN3/c1-7-4-3-5-9(14)12(7)17-11-6-10(13)15-8(2)16-11/h3-6H,1-2H3,(H,15,16,17). The van der Waals surface area contributed by atoms with Gasteiger partial charge in [0.2, 0.25) is 0 Å². The SMILES string of the molecule is Cc1nc(Br)cc(Nc2c(C)cccc2Cl)n1. The summed E-state index contributed by atoms with van der Waals surface area (Å²) in [5.41, 5.74) is 1.95. The smallest absolute Gasteiger partial charge is 0.135 e. The maximum atomic E-state index is 6.14. The lowest BCUT2D eigenvalue weighted by molar-refractivity contribution is 1.04. The van der Waals surface area contributed by atoms with Gasteiger partial charge >= 0.3 is 0 Å². The number of nitrogens with one attached hydrogen (secondary N) is 1. The van der Waals surface area contributed by atoms with Crippen LogP contribution in [0.5, 0.6) is 0 Å². The summed E-state index contributed by atoms with van der Waals surface area (Å²) in [4.78, 5) is 8.45. The third-order valence-corrected chi connectivity index (χ3v) is 3.00. The lowest BCUT2D eigenvalue weighted by Gasteiger charge is -2.11. The van der Waals surface area contributed by atoms with Crippen molar-refractivity contribution in [3.8, 4) is 0 Å². The molecule has 0 spiro atoms. The molecular weight excluding hydrogens is 302 g/mol. The van der Waals surface area contributed by atoms with E-state index in [9.17, 15) is 0 Å². The number of anilines is 2. The second-order valence-electron chi connectivity index (χ2n) is 3.68. The molecule has 3 nitrogen and oxygen atoms in total. The number of para-hydroxylation sites is 1. The highest BCUT2D eigenvalue weighted by Gasteiger charge is 2.06. The molecule has 0 radical (unpaired) electrons. The van der Waals surface area contributed by atoms with Crippen LogP contribution < -0.4 is 5.32 Å². The molecule has 1 heterocycles. The van der Waals surface area contributed by atoms with Gasteiger partial charge in [-0.15, -0.1) is 0 Å². The molecule has 0 amide bonds. The number of aryl methyl sites for hydroxylation is 2. The molecule has 1 N–H and O–H groups in total. The topological polar surface area (TPSA) is 37.8 Å². The van der Waals surface area contributed by atoms with Crippen LogP contribution in [0, 0.1) is 13.8 Å². The zero-order chi connectivity index (χ0) is 12.4. The summed E-state index contributed by atoms with van der Waals surface area (Å²) in [7, 11) is 0. The molecule has 5 heteroatoms. The first-order chi connectivity index (χ1) is 8.06. The quantitative estimate of drug-likeness (QED) is 0.842. The fourth-order valence-corrected chi connectivity index (χ4v) is 2.26. The zero-order valence-electron chi connectivity index (χ0n) is 9.46. The van der Waals surface area contributed by atoms with Gasteiger partial charge in [0.25, 0.3) is 0 Å². The first kappa shape index (κ1) is 12.3. The Morgan fingerprint density at radius 1 is 1.24 bits per heavy atom. The van der Waals surface area contributed by atoms with Gasteiger partial charge in [-0.3, -0.25) is 0 Å². The van der Waals surface area contributed by atoms with Gasteiger partial charge in [-0.25, -0.2) is 9.97 Å². The molecule has 2 rings (SSSR count). The number of hydrogen-bond acceptors (Lipinski definition) is 3. The Kier molecular flexibility index (Phi) is 3.64. The van der Waals surface area contributed by atoms with Crippen LogP contribution in [-0.2, 0) is 0 Å². The molecule has 0 atom stereocenters. The van der Waals surface area contributed by atoms with Crippen molar-refractivity contribution in [2.24, 2.45) is 0 Å². The van der Waals surface area contributed by atoms with Crippen molar-refractivity contribution in [2.45, 2.75) is 13.8 Å². The van der Waals surface area contributed by atoms with Crippen LogP contribution in [0.4, 0.5) is 11.5 Å². The van der Waals surface area contributed by atoms with Crippen LogP contribution in [0.1, 0.15) is 11.4 Å². The average molecular weight is 313 g/mol. The maximum absolute atomic E-state index is 6.14. The fourth-order valence-electron chi connectivity index (χ4n) is 1.51.